The van der Waals surface area contributed by atoms with Gasteiger partial charge in [0.05, 0.1) is 12.5 Å². The van der Waals surface area contributed by atoms with Gasteiger partial charge in [-0.15, -0.1) is 0 Å². The van der Waals surface area contributed by atoms with Crippen LogP contribution in [0.2, 0.25) is 0 Å². The van der Waals surface area contributed by atoms with Crippen molar-refractivity contribution in [2.75, 3.05) is 6.61 Å². The number of aliphatic carboxylic acids is 1. The number of rotatable bonds is 82. The molecule has 0 amide bonds. The lowest BCUT2D eigenvalue weighted by Gasteiger charge is -2.12. The lowest BCUT2D eigenvalue weighted by molar-refractivity contribution is -0.144. The molecule has 0 aromatic heterocycles. The van der Waals surface area contributed by atoms with Crippen molar-refractivity contribution in [1.29, 1.82) is 0 Å². The molecule has 552 valence electrons. The van der Waals surface area contributed by atoms with Crippen molar-refractivity contribution in [3.63, 3.8) is 0 Å². The topological polar surface area (TPSA) is 63.6 Å². The number of hydrogen-bond acceptors (Lipinski definition) is 3. The SMILES string of the molecule is CCCCCCCCCCCCCCCCCCCCCCC(CCCCCCCCCCCCCCCCCCCC)C(=O)O.CCCCCCCCCCCCCCCCCCCCCCOC(=O)CCCCCCCCCCCCCCCCCCCCC. The van der Waals surface area contributed by atoms with Crippen LogP contribution in [0.4, 0.5) is 0 Å². The van der Waals surface area contributed by atoms with E-state index in [2.05, 4.69) is 27.7 Å². The minimum atomic E-state index is -0.551. The summed E-state index contributed by atoms with van der Waals surface area (Å²) in [5.41, 5.74) is 0. The highest BCUT2D eigenvalue weighted by molar-refractivity contribution is 5.70. The summed E-state index contributed by atoms with van der Waals surface area (Å²) in [5.74, 6) is -0.619. The minimum Gasteiger partial charge on any atom is -0.481 e. The van der Waals surface area contributed by atoms with Gasteiger partial charge in [-0.05, 0) is 25.7 Å². The number of ether oxygens (including phenoxy) is 1. The van der Waals surface area contributed by atoms with E-state index in [0.717, 1.165) is 38.5 Å². The number of hydrogen-bond donors (Lipinski definition) is 1. The Hall–Kier alpha value is -1.06. The summed E-state index contributed by atoms with van der Waals surface area (Å²) in [5, 5.41) is 9.68. The molecule has 4 heteroatoms. The molecule has 0 saturated carbocycles. The van der Waals surface area contributed by atoms with Crippen molar-refractivity contribution in [2.45, 2.75) is 541 Å². The molecular weight excluding hydrogens is 1120 g/mol. The van der Waals surface area contributed by atoms with E-state index in [9.17, 15) is 14.7 Å². The van der Waals surface area contributed by atoms with Crippen LogP contribution in [0.15, 0.2) is 0 Å². The molecule has 1 atom stereocenters. The van der Waals surface area contributed by atoms with Gasteiger partial charge in [0, 0.05) is 6.42 Å². The van der Waals surface area contributed by atoms with Crippen molar-refractivity contribution < 1.29 is 19.4 Å². The van der Waals surface area contributed by atoms with Gasteiger partial charge < -0.3 is 9.84 Å². The van der Waals surface area contributed by atoms with Crippen LogP contribution in [0.5, 0.6) is 0 Å². The van der Waals surface area contributed by atoms with Crippen molar-refractivity contribution in [3.8, 4) is 0 Å². The highest BCUT2D eigenvalue weighted by Crippen LogP contribution is 2.23. The molecule has 0 fully saturated rings. The Bertz CT molecular complexity index is 1290. The van der Waals surface area contributed by atoms with Gasteiger partial charge in [-0.1, -0.05) is 509 Å². The maximum absolute atomic E-state index is 12.0. The van der Waals surface area contributed by atoms with Gasteiger partial charge in [0.2, 0.25) is 0 Å². The molecule has 0 radical (unpaired) electrons. The molecule has 0 bridgehead atoms. The first-order valence-corrected chi connectivity index (χ1v) is 43.9. The van der Waals surface area contributed by atoms with E-state index in [-0.39, 0.29) is 11.9 Å². The molecule has 0 aromatic carbocycles. The molecule has 0 heterocycles. The van der Waals surface area contributed by atoms with Gasteiger partial charge in [0.25, 0.3) is 0 Å². The highest BCUT2D eigenvalue weighted by Gasteiger charge is 2.16. The summed E-state index contributed by atoms with van der Waals surface area (Å²) >= 11 is 0. The number of carboxylic acid groups (broad SMARTS) is 1. The smallest absolute Gasteiger partial charge is 0.306 e. The largest absolute Gasteiger partial charge is 0.481 e. The van der Waals surface area contributed by atoms with Crippen LogP contribution in [0.1, 0.15) is 541 Å². The fourth-order valence-corrected chi connectivity index (χ4v) is 14.3. The van der Waals surface area contributed by atoms with E-state index in [1.54, 1.807) is 0 Å². The molecule has 0 saturated heterocycles. The van der Waals surface area contributed by atoms with Crippen LogP contribution in [-0.2, 0) is 14.3 Å². The zero-order valence-electron chi connectivity index (χ0n) is 64.5. The Morgan fingerprint density at radius 2 is 0.348 bits per heavy atom. The van der Waals surface area contributed by atoms with Gasteiger partial charge >= 0.3 is 11.9 Å². The average molecular weight is 1300 g/mol. The highest BCUT2D eigenvalue weighted by atomic mass is 16.5. The Balaban J connectivity index is 0. The molecule has 0 spiro atoms. The maximum Gasteiger partial charge on any atom is 0.306 e. The van der Waals surface area contributed by atoms with Gasteiger partial charge in [-0.3, -0.25) is 9.59 Å². The quantitative estimate of drug-likeness (QED) is 0.0487. The number of unbranched alkanes of at least 4 members (excludes halogenated alkanes) is 73. The third-order valence-electron chi connectivity index (χ3n) is 20.9. The van der Waals surface area contributed by atoms with Crippen molar-refractivity contribution in [2.24, 2.45) is 5.92 Å². The molecule has 4 nitrogen and oxygen atoms in total. The van der Waals surface area contributed by atoms with Crippen LogP contribution in [0, 0.1) is 5.92 Å². The molecule has 0 aromatic rings. The third kappa shape index (κ3) is 87.0. The summed E-state index contributed by atoms with van der Waals surface area (Å²) in [6, 6.07) is 0. The van der Waals surface area contributed by atoms with Gasteiger partial charge in [0.15, 0.2) is 0 Å². The monoisotopic (exact) mass is 1300 g/mol. The Morgan fingerprint density at radius 1 is 0.207 bits per heavy atom. The first-order valence-electron chi connectivity index (χ1n) is 43.9. The molecule has 0 rings (SSSR count). The van der Waals surface area contributed by atoms with Crippen LogP contribution in [0.3, 0.4) is 0 Å². The summed E-state index contributed by atoms with van der Waals surface area (Å²) in [4.78, 5) is 23.7. The fraction of sp³-hybridized carbons (Fsp3) is 0.977. The van der Waals surface area contributed by atoms with E-state index in [1.807, 2.05) is 0 Å². The third-order valence-corrected chi connectivity index (χ3v) is 20.9. The lowest BCUT2D eigenvalue weighted by Crippen LogP contribution is -2.13. The van der Waals surface area contributed by atoms with E-state index in [4.69, 9.17) is 4.74 Å². The van der Waals surface area contributed by atoms with E-state index < -0.39 is 5.97 Å². The second-order valence-electron chi connectivity index (χ2n) is 30.4. The Morgan fingerprint density at radius 3 is 0.511 bits per heavy atom. The van der Waals surface area contributed by atoms with Crippen molar-refractivity contribution >= 4 is 11.9 Å². The molecule has 1 N–H and O–H groups in total. The van der Waals surface area contributed by atoms with E-state index >= 15 is 0 Å². The summed E-state index contributed by atoms with van der Waals surface area (Å²) in [6.07, 6.45) is 110. The summed E-state index contributed by atoms with van der Waals surface area (Å²) in [6.45, 7) is 9.82. The summed E-state index contributed by atoms with van der Waals surface area (Å²) < 4.78 is 5.48. The Kier molecular flexibility index (Phi) is 88.9. The van der Waals surface area contributed by atoms with Crippen molar-refractivity contribution in [3.05, 3.63) is 0 Å². The number of carbonyl (C=O) groups is 2. The first kappa shape index (κ1) is 93.0. The first-order chi connectivity index (χ1) is 45.5. The number of esters is 1. The molecule has 92 heavy (non-hydrogen) atoms. The van der Waals surface area contributed by atoms with Gasteiger partial charge in [-0.2, -0.15) is 0 Å². The Labute approximate surface area is 582 Å². The second-order valence-corrected chi connectivity index (χ2v) is 30.4. The van der Waals surface area contributed by atoms with Gasteiger partial charge in [-0.25, -0.2) is 0 Å². The predicted molar refractivity (Wildman–Crippen MR) is 414 cm³/mol. The normalized spacial score (nSPS) is 11.8. The minimum absolute atomic E-state index is 0.0322. The molecule has 1 unspecified atom stereocenters. The van der Waals surface area contributed by atoms with Crippen LogP contribution in [-0.4, -0.2) is 23.7 Å². The molecule has 0 aliphatic rings. The van der Waals surface area contributed by atoms with E-state index in [0.29, 0.717) is 13.0 Å². The number of carboxylic acids is 1. The number of carbonyl (C=O) groups excluding carboxylic acids is 1. The summed E-state index contributed by atoms with van der Waals surface area (Å²) in [7, 11) is 0. The van der Waals surface area contributed by atoms with Crippen LogP contribution >= 0.6 is 0 Å². The zero-order valence-corrected chi connectivity index (χ0v) is 64.5. The second kappa shape index (κ2) is 88.0. The standard InChI is InChI=1S/2C44H88O2/c1-3-5-7-9-11-13-15-17-19-21-23-24-26-28-30-32-34-36-38-40-42-43(44(45)46)41-39-37-35-33-31-29-27-25-22-20-18-16-14-12-10-8-6-4-2;1-3-5-7-9-11-13-15-17-19-21-23-25-27-29-31-33-35-37-39-41-43-46-44(45)42-40-38-36-34-32-30-28-26-24-22-20-18-16-14-12-10-8-6-4-2/h43H,3-42H2,1-2H3,(H,45,46);3-43H2,1-2H3. The van der Waals surface area contributed by atoms with Crippen LogP contribution < -0.4 is 0 Å². The van der Waals surface area contributed by atoms with Crippen molar-refractivity contribution in [1.82, 2.24) is 0 Å². The molecular formula is C88H176O4. The maximum atomic E-state index is 12.0. The van der Waals surface area contributed by atoms with Gasteiger partial charge in [0.1, 0.15) is 0 Å². The fourth-order valence-electron chi connectivity index (χ4n) is 14.3. The van der Waals surface area contributed by atoms with Crippen LogP contribution in [0.25, 0.3) is 0 Å². The molecule has 0 aliphatic carbocycles. The molecule has 0 aliphatic heterocycles. The average Bonchev–Trinajstić information content (AvgIpc) is 3.70. The zero-order chi connectivity index (χ0) is 66.7. The predicted octanol–water partition coefficient (Wildman–Crippen LogP) is 32.5. The lowest BCUT2D eigenvalue weighted by atomic mass is 9.94. The van der Waals surface area contributed by atoms with E-state index in [1.165, 1.54) is 469 Å².